The van der Waals surface area contributed by atoms with Crippen molar-refractivity contribution in [2.45, 2.75) is 18.9 Å². The third kappa shape index (κ3) is 3.35. The van der Waals surface area contributed by atoms with Crippen LogP contribution in [-0.2, 0) is 16.5 Å². The van der Waals surface area contributed by atoms with E-state index in [1.165, 1.54) is 18.2 Å². The lowest BCUT2D eigenvalue weighted by Crippen LogP contribution is -2.28. The first kappa shape index (κ1) is 14.3. The van der Waals surface area contributed by atoms with Gasteiger partial charge in [-0.3, -0.25) is 0 Å². The number of halogens is 4. The second-order valence-electron chi connectivity index (χ2n) is 3.09. The summed E-state index contributed by atoms with van der Waals surface area (Å²) in [7, 11) is -5.61. The maximum Gasteiger partial charge on any atom is 0.534 e. The highest BCUT2D eigenvalue weighted by atomic mass is 79.9. The second-order valence-corrected chi connectivity index (χ2v) is 5.54. The van der Waals surface area contributed by atoms with E-state index in [0.717, 1.165) is 0 Å². The normalized spacial score (nSPS) is 12.5. The van der Waals surface area contributed by atoms with Crippen molar-refractivity contribution in [3.63, 3.8) is 0 Å². The minimum Gasteiger partial charge on any atom is -0.376 e. The summed E-state index contributed by atoms with van der Waals surface area (Å²) in [5.41, 5.74) is -5.06. The number of alkyl halides is 3. The number of hydrogen-bond donors (Lipinski definition) is 0. The fraction of sp³-hybridized carbons (Fsp3) is 0.333. The zero-order chi connectivity index (χ0) is 13.3. The average Bonchev–Trinajstić information content (AvgIpc) is 2.18. The molecule has 0 atom stereocenters. The summed E-state index contributed by atoms with van der Waals surface area (Å²) in [4.78, 5) is 0. The molecule has 0 heterocycles. The highest BCUT2D eigenvalue weighted by Crippen LogP contribution is 2.30. The van der Waals surface area contributed by atoms with Crippen molar-refractivity contribution in [2.24, 2.45) is 0 Å². The molecule has 1 aromatic carbocycles. The molecule has 1 rings (SSSR count). The van der Waals surface area contributed by atoms with Gasteiger partial charge in [0.05, 0.1) is 0 Å². The van der Waals surface area contributed by atoms with Crippen molar-refractivity contribution in [3.8, 4) is 5.75 Å². The number of benzene rings is 1. The molecule has 0 aliphatic rings. The van der Waals surface area contributed by atoms with E-state index in [-0.39, 0.29) is 5.75 Å². The van der Waals surface area contributed by atoms with Crippen LogP contribution < -0.4 is 4.18 Å². The predicted molar refractivity (Wildman–Crippen MR) is 59.1 cm³/mol. The molecule has 0 radical (unpaired) electrons. The highest BCUT2D eigenvalue weighted by molar-refractivity contribution is 9.10. The molecule has 96 valence electrons. The molecule has 8 heteroatoms. The molecular formula is C9H8BrF3O3S. The first-order chi connectivity index (χ1) is 7.67. The highest BCUT2D eigenvalue weighted by Gasteiger charge is 2.48. The predicted octanol–water partition coefficient (Wildman–Crippen LogP) is 3.24. The van der Waals surface area contributed by atoms with Gasteiger partial charge in [0.15, 0.2) is 0 Å². The van der Waals surface area contributed by atoms with E-state index in [1.807, 2.05) is 0 Å². The lowest BCUT2D eigenvalue weighted by Gasteiger charge is -2.12. The fourth-order valence-electron chi connectivity index (χ4n) is 1.07. The van der Waals surface area contributed by atoms with Crippen LogP contribution in [0.5, 0.6) is 5.75 Å². The third-order valence-corrected chi connectivity index (χ3v) is 3.35. The van der Waals surface area contributed by atoms with Gasteiger partial charge in [-0.15, -0.1) is 0 Å². The average molecular weight is 333 g/mol. The van der Waals surface area contributed by atoms with E-state index in [4.69, 9.17) is 0 Å². The Morgan fingerprint density at radius 1 is 1.35 bits per heavy atom. The van der Waals surface area contributed by atoms with E-state index in [9.17, 15) is 21.6 Å². The molecular weight excluding hydrogens is 325 g/mol. The van der Waals surface area contributed by atoms with Crippen molar-refractivity contribution in [1.82, 2.24) is 0 Å². The molecule has 1 aromatic rings. The van der Waals surface area contributed by atoms with E-state index >= 15 is 0 Å². The van der Waals surface area contributed by atoms with Crippen molar-refractivity contribution in [3.05, 3.63) is 28.2 Å². The van der Waals surface area contributed by atoms with Crippen LogP contribution in [0.2, 0.25) is 0 Å². The summed E-state index contributed by atoms with van der Waals surface area (Å²) in [5.74, 6) is -0.312. The molecule has 17 heavy (non-hydrogen) atoms. The van der Waals surface area contributed by atoms with Gasteiger partial charge in [0.2, 0.25) is 0 Å². The molecule has 3 nitrogen and oxygen atoms in total. The summed E-state index contributed by atoms with van der Waals surface area (Å²) in [6.45, 7) is 1.68. The first-order valence-corrected chi connectivity index (χ1v) is 6.66. The molecule has 0 saturated heterocycles. The number of aryl methyl sites for hydroxylation is 1. The minimum atomic E-state index is -5.61. The molecule has 0 amide bonds. The molecule has 0 saturated carbocycles. The van der Waals surface area contributed by atoms with E-state index < -0.39 is 15.6 Å². The zero-order valence-electron chi connectivity index (χ0n) is 8.58. The smallest absolute Gasteiger partial charge is 0.376 e. The molecule has 0 aliphatic carbocycles. The fourth-order valence-corrected chi connectivity index (χ4v) is 1.97. The maximum absolute atomic E-state index is 12.1. The monoisotopic (exact) mass is 332 g/mol. The third-order valence-electron chi connectivity index (χ3n) is 1.89. The Morgan fingerprint density at radius 3 is 2.41 bits per heavy atom. The number of rotatable bonds is 3. The quantitative estimate of drug-likeness (QED) is 0.630. The summed E-state index contributed by atoms with van der Waals surface area (Å²) in [5, 5.41) is 0. The van der Waals surface area contributed by atoms with Gasteiger partial charge in [-0.1, -0.05) is 22.9 Å². The Morgan fingerprint density at radius 2 is 1.94 bits per heavy atom. The Labute approximate surface area is 105 Å². The molecule has 0 fully saturated rings. The van der Waals surface area contributed by atoms with Crippen LogP contribution in [0.15, 0.2) is 22.7 Å². The SMILES string of the molecule is CCc1cc(Br)ccc1OS(=O)(=O)C(F)(F)F. The largest absolute Gasteiger partial charge is 0.534 e. The number of hydrogen-bond acceptors (Lipinski definition) is 3. The van der Waals surface area contributed by atoms with E-state index in [1.54, 1.807) is 6.92 Å². The Hall–Kier alpha value is -0.760. The van der Waals surface area contributed by atoms with Crippen LogP contribution in [0.1, 0.15) is 12.5 Å². The summed E-state index contributed by atoms with van der Waals surface area (Å²) < 4.78 is 62.7. The molecule has 0 aromatic heterocycles. The zero-order valence-corrected chi connectivity index (χ0v) is 11.0. The van der Waals surface area contributed by atoms with Gasteiger partial charge in [-0.05, 0) is 30.2 Å². The van der Waals surface area contributed by atoms with E-state index in [2.05, 4.69) is 20.1 Å². The van der Waals surface area contributed by atoms with Gasteiger partial charge in [-0.2, -0.15) is 21.6 Å². The summed E-state index contributed by atoms with van der Waals surface area (Å²) >= 11 is 3.13. The van der Waals surface area contributed by atoms with Gasteiger partial charge in [-0.25, -0.2) is 0 Å². The van der Waals surface area contributed by atoms with Crippen LogP contribution >= 0.6 is 15.9 Å². The Kier molecular flexibility index (Phi) is 4.08. The lowest BCUT2D eigenvalue weighted by atomic mass is 10.1. The van der Waals surface area contributed by atoms with Crippen molar-refractivity contribution >= 4 is 26.0 Å². The molecule has 0 unspecified atom stereocenters. The van der Waals surface area contributed by atoms with E-state index in [0.29, 0.717) is 16.5 Å². The molecule has 0 bridgehead atoms. The van der Waals surface area contributed by atoms with Crippen molar-refractivity contribution in [1.29, 1.82) is 0 Å². The summed E-state index contributed by atoms with van der Waals surface area (Å²) in [6.07, 6.45) is 0.349. The van der Waals surface area contributed by atoms with Crippen LogP contribution in [0.25, 0.3) is 0 Å². The van der Waals surface area contributed by atoms with Crippen LogP contribution in [0, 0.1) is 0 Å². The van der Waals surface area contributed by atoms with Crippen LogP contribution in [0.4, 0.5) is 13.2 Å². The minimum absolute atomic E-state index is 0.312. The maximum atomic E-state index is 12.1. The standard InChI is InChI=1S/C9H8BrF3O3S/c1-2-6-5-7(10)3-4-8(6)16-17(14,15)9(11,12)13/h3-5H,2H2,1H3. The Bertz CT molecular complexity index is 511. The van der Waals surface area contributed by atoms with Crippen LogP contribution in [-0.4, -0.2) is 13.9 Å². The van der Waals surface area contributed by atoms with Gasteiger partial charge < -0.3 is 4.18 Å². The van der Waals surface area contributed by atoms with Crippen molar-refractivity contribution < 1.29 is 25.8 Å². The topological polar surface area (TPSA) is 43.4 Å². The van der Waals surface area contributed by atoms with Gasteiger partial charge in [0.1, 0.15) is 5.75 Å². The Balaban J connectivity index is 3.13. The first-order valence-electron chi connectivity index (χ1n) is 4.46. The second kappa shape index (κ2) is 4.85. The van der Waals surface area contributed by atoms with Crippen molar-refractivity contribution in [2.75, 3.05) is 0 Å². The lowest BCUT2D eigenvalue weighted by molar-refractivity contribution is -0.0500. The summed E-state index contributed by atoms with van der Waals surface area (Å²) in [6, 6.07) is 4.08. The van der Waals surface area contributed by atoms with Gasteiger partial charge >= 0.3 is 15.6 Å². The van der Waals surface area contributed by atoms with Gasteiger partial charge in [0, 0.05) is 4.47 Å². The molecule has 0 spiro atoms. The van der Waals surface area contributed by atoms with Gasteiger partial charge in [0.25, 0.3) is 0 Å². The van der Waals surface area contributed by atoms with Crippen LogP contribution in [0.3, 0.4) is 0 Å². The molecule has 0 N–H and O–H groups in total. The molecule has 0 aliphatic heterocycles.